The Morgan fingerprint density at radius 2 is 1.32 bits per heavy atom. The van der Waals surface area contributed by atoms with Crippen molar-refractivity contribution in [3.05, 3.63) is 114 Å². The first kappa shape index (κ1) is 22.2. The SMILES string of the molecule is CCC(C)c1ccc(OC(C)(C)c2ccc3c(ccc4cc(-c5ccccc5)ccc43)c2)cc1. The molecule has 0 heterocycles. The molecule has 0 fully saturated rings. The minimum Gasteiger partial charge on any atom is -0.483 e. The zero-order valence-electron chi connectivity index (χ0n) is 20.5. The van der Waals surface area contributed by atoms with Crippen LogP contribution in [0.1, 0.15) is 51.2 Å². The topological polar surface area (TPSA) is 9.23 Å². The van der Waals surface area contributed by atoms with E-state index < -0.39 is 5.60 Å². The maximum absolute atomic E-state index is 6.46. The van der Waals surface area contributed by atoms with Crippen LogP contribution in [-0.2, 0) is 5.60 Å². The Kier molecular flexibility index (Phi) is 5.87. The Hall–Kier alpha value is -3.58. The van der Waals surface area contributed by atoms with Crippen LogP contribution in [0.5, 0.6) is 5.75 Å². The van der Waals surface area contributed by atoms with Crippen molar-refractivity contribution < 1.29 is 4.74 Å². The molecule has 5 aromatic rings. The van der Waals surface area contributed by atoms with Crippen LogP contribution in [0.25, 0.3) is 32.7 Å². The summed E-state index contributed by atoms with van der Waals surface area (Å²) < 4.78 is 6.46. The molecule has 34 heavy (non-hydrogen) atoms. The van der Waals surface area contributed by atoms with E-state index in [4.69, 9.17) is 4.74 Å². The molecule has 5 rings (SSSR count). The zero-order valence-corrected chi connectivity index (χ0v) is 20.5. The highest BCUT2D eigenvalue weighted by Gasteiger charge is 2.23. The molecule has 170 valence electrons. The van der Waals surface area contributed by atoms with Crippen molar-refractivity contribution in [2.24, 2.45) is 0 Å². The molecule has 0 bridgehead atoms. The smallest absolute Gasteiger partial charge is 0.128 e. The largest absolute Gasteiger partial charge is 0.483 e. The summed E-state index contributed by atoms with van der Waals surface area (Å²) in [6, 6.07) is 37.1. The Labute approximate surface area is 203 Å². The number of ether oxygens (including phenoxy) is 1. The second-order valence-corrected chi connectivity index (χ2v) is 9.79. The van der Waals surface area contributed by atoms with E-state index in [0.29, 0.717) is 5.92 Å². The Morgan fingerprint density at radius 3 is 2.00 bits per heavy atom. The first-order chi connectivity index (χ1) is 16.4. The molecule has 0 saturated heterocycles. The first-order valence-electron chi connectivity index (χ1n) is 12.3. The molecule has 0 saturated carbocycles. The lowest BCUT2D eigenvalue weighted by Gasteiger charge is -2.28. The molecule has 1 unspecified atom stereocenters. The van der Waals surface area contributed by atoms with Gasteiger partial charge in [-0.25, -0.2) is 0 Å². The van der Waals surface area contributed by atoms with Crippen molar-refractivity contribution in [3.8, 4) is 16.9 Å². The van der Waals surface area contributed by atoms with Gasteiger partial charge in [0.05, 0.1) is 0 Å². The molecule has 0 aliphatic heterocycles. The van der Waals surface area contributed by atoms with Gasteiger partial charge in [-0.1, -0.05) is 92.7 Å². The third kappa shape index (κ3) is 4.31. The third-order valence-electron chi connectivity index (χ3n) is 7.07. The molecule has 0 aliphatic rings. The van der Waals surface area contributed by atoms with Crippen molar-refractivity contribution >= 4 is 21.5 Å². The second kappa shape index (κ2) is 8.99. The lowest BCUT2D eigenvalue weighted by Crippen LogP contribution is -2.25. The molecule has 5 aromatic carbocycles. The van der Waals surface area contributed by atoms with Crippen molar-refractivity contribution in [2.45, 2.75) is 45.6 Å². The predicted octanol–water partition coefficient (Wildman–Crippen LogP) is 9.49. The monoisotopic (exact) mass is 444 g/mol. The molecule has 0 aliphatic carbocycles. The molecular weight excluding hydrogens is 412 g/mol. The molecule has 1 atom stereocenters. The minimum atomic E-state index is -0.432. The number of hydrogen-bond acceptors (Lipinski definition) is 1. The van der Waals surface area contributed by atoms with Crippen molar-refractivity contribution in [3.63, 3.8) is 0 Å². The third-order valence-corrected chi connectivity index (χ3v) is 7.07. The van der Waals surface area contributed by atoms with E-state index in [1.54, 1.807) is 0 Å². The summed E-state index contributed by atoms with van der Waals surface area (Å²) in [6.07, 6.45) is 1.14. The molecule has 1 nitrogen and oxygen atoms in total. The van der Waals surface area contributed by atoms with Crippen LogP contribution in [-0.4, -0.2) is 0 Å². The molecule has 0 N–H and O–H groups in total. The van der Waals surface area contributed by atoms with Gasteiger partial charge in [0, 0.05) is 0 Å². The van der Waals surface area contributed by atoms with Crippen LogP contribution in [0.3, 0.4) is 0 Å². The van der Waals surface area contributed by atoms with Crippen molar-refractivity contribution in [1.29, 1.82) is 0 Å². The van der Waals surface area contributed by atoms with Crippen LogP contribution in [0.4, 0.5) is 0 Å². The van der Waals surface area contributed by atoms with Crippen LogP contribution >= 0.6 is 0 Å². The highest BCUT2D eigenvalue weighted by atomic mass is 16.5. The quantitative estimate of drug-likeness (QED) is 0.237. The Balaban J connectivity index is 1.45. The van der Waals surface area contributed by atoms with E-state index in [9.17, 15) is 0 Å². The van der Waals surface area contributed by atoms with Crippen LogP contribution in [0.15, 0.2) is 103 Å². The maximum atomic E-state index is 6.46. The summed E-state index contributed by atoms with van der Waals surface area (Å²) in [7, 11) is 0. The van der Waals surface area contributed by atoms with E-state index in [-0.39, 0.29) is 0 Å². The highest BCUT2D eigenvalue weighted by Crippen LogP contribution is 2.34. The fourth-order valence-corrected chi connectivity index (χ4v) is 4.71. The summed E-state index contributed by atoms with van der Waals surface area (Å²) in [6.45, 7) is 8.78. The van der Waals surface area contributed by atoms with Crippen LogP contribution in [0.2, 0.25) is 0 Å². The summed E-state index contributed by atoms with van der Waals surface area (Å²) in [5.41, 5.74) is 4.60. The van der Waals surface area contributed by atoms with Gasteiger partial charge in [0.1, 0.15) is 11.4 Å². The average Bonchev–Trinajstić information content (AvgIpc) is 2.88. The van der Waals surface area contributed by atoms with Gasteiger partial charge in [-0.2, -0.15) is 0 Å². The summed E-state index contributed by atoms with van der Waals surface area (Å²) >= 11 is 0. The molecule has 0 spiro atoms. The number of rotatable bonds is 6. The molecular formula is C33H32O. The second-order valence-electron chi connectivity index (χ2n) is 9.79. The maximum Gasteiger partial charge on any atom is 0.128 e. The van der Waals surface area contributed by atoms with Crippen molar-refractivity contribution in [2.75, 3.05) is 0 Å². The van der Waals surface area contributed by atoms with Gasteiger partial charge in [-0.05, 0) is 94.3 Å². The average molecular weight is 445 g/mol. The van der Waals surface area contributed by atoms with Crippen molar-refractivity contribution in [1.82, 2.24) is 0 Å². The summed E-state index contributed by atoms with van der Waals surface area (Å²) in [5.74, 6) is 1.48. The minimum absolute atomic E-state index is 0.432. The first-order valence-corrected chi connectivity index (χ1v) is 12.3. The lowest BCUT2D eigenvalue weighted by atomic mass is 9.92. The van der Waals surface area contributed by atoms with Gasteiger partial charge < -0.3 is 4.74 Å². The van der Waals surface area contributed by atoms with Gasteiger partial charge in [0.15, 0.2) is 0 Å². The van der Waals surface area contributed by atoms with E-state index in [1.165, 1.54) is 43.8 Å². The Bertz CT molecular complexity index is 1430. The van der Waals surface area contributed by atoms with Gasteiger partial charge in [-0.3, -0.25) is 0 Å². The molecule has 0 aromatic heterocycles. The Morgan fingerprint density at radius 1 is 0.676 bits per heavy atom. The molecule has 1 heteroatoms. The standard InChI is InChI=1S/C33H32O/c1-5-23(2)24-13-17-30(18-14-24)34-33(3,4)29-16-20-32-28(22-29)12-11-27-21-26(15-19-31(27)32)25-9-7-6-8-10-25/h6-23H,5H2,1-4H3. The predicted molar refractivity (Wildman–Crippen MR) is 146 cm³/mol. The summed E-state index contributed by atoms with van der Waals surface area (Å²) in [4.78, 5) is 0. The fourth-order valence-electron chi connectivity index (χ4n) is 4.71. The lowest BCUT2D eigenvalue weighted by molar-refractivity contribution is 0.109. The fraction of sp³-hybridized carbons (Fsp3) is 0.212. The van der Waals surface area contributed by atoms with E-state index in [0.717, 1.165) is 12.2 Å². The van der Waals surface area contributed by atoms with Crippen LogP contribution < -0.4 is 4.74 Å². The van der Waals surface area contributed by atoms with Gasteiger partial charge in [0.2, 0.25) is 0 Å². The van der Waals surface area contributed by atoms with E-state index in [1.807, 2.05) is 0 Å². The van der Waals surface area contributed by atoms with Gasteiger partial charge in [0.25, 0.3) is 0 Å². The zero-order chi connectivity index (χ0) is 23.7. The van der Waals surface area contributed by atoms with E-state index in [2.05, 4.69) is 131 Å². The number of hydrogen-bond donors (Lipinski definition) is 0. The van der Waals surface area contributed by atoms with Crippen LogP contribution in [0, 0.1) is 0 Å². The van der Waals surface area contributed by atoms with Gasteiger partial charge in [-0.15, -0.1) is 0 Å². The summed E-state index contributed by atoms with van der Waals surface area (Å²) in [5, 5.41) is 5.05. The normalized spacial score (nSPS) is 12.7. The van der Waals surface area contributed by atoms with E-state index >= 15 is 0 Å². The van der Waals surface area contributed by atoms with Gasteiger partial charge >= 0.3 is 0 Å². The number of benzene rings is 5. The number of fused-ring (bicyclic) bond motifs is 3. The molecule has 0 amide bonds. The molecule has 0 radical (unpaired) electrons. The highest BCUT2D eigenvalue weighted by molar-refractivity contribution is 6.08.